The molecule has 7 aromatic carbocycles. The van der Waals surface area contributed by atoms with Crippen molar-refractivity contribution in [3.8, 4) is 0 Å². The minimum absolute atomic E-state index is 0.140. The maximum absolute atomic E-state index is 13.3. The highest BCUT2D eigenvalue weighted by atomic mass is 32.2. The number of nitrogens with one attached hydrogen (secondary N) is 2. The summed E-state index contributed by atoms with van der Waals surface area (Å²) in [5.41, 5.74) is -3.65. The van der Waals surface area contributed by atoms with Crippen LogP contribution >= 0.6 is 0 Å². The molecular weight excluding hydrogens is 1160 g/mol. The van der Waals surface area contributed by atoms with Crippen LogP contribution in [0.4, 0.5) is 34.1 Å². The Labute approximate surface area is 438 Å². The van der Waals surface area contributed by atoms with Crippen LogP contribution < -0.4 is 10.6 Å². The number of amides is 2. The average molecular weight is 1190 g/mol. The lowest BCUT2D eigenvalue weighted by Crippen LogP contribution is -2.16. The molecule has 0 fully saturated rings. The number of hydrogen-bond acceptors (Lipinski definition) is 20. The lowest BCUT2D eigenvalue weighted by molar-refractivity contribution is 0.0687. The number of aromatic carboxylic acids is 2. The number of carbonyl (C=O) groups is 4. The largest absolute Gasteiger partial charge is 0.478 e. The van der Waals surface area contributed by atoms with E-state index in [9.17, 15) is 103 Å². The van der Waals surface area contributed by atoms with Gasteiger partial charge < -0.3 is 20.8 Å². The van der Waals surface area contributed by atoms with Crippen molar-refractivity contribution in [3.05, 3.63) is 131 Å². The summed E-state index contributed by atoms with van der Waals surface area (Å²) in [6.07, 6.45) is 0.669. The molecule has 29 nitrogen and oxygen atoms in total. The van der Waals surface area contributed by atoms with Crippen molar-refractivity contribution < 1.29 is 103 Å². The molecule has 9 N–H and O–H groups in total. The zero-order chi connectivity index (χ0) is 57.8. The summed E-state index contributed by atoms with van der Waals surface area (Å²) in [5.74, 6) is -5.07. The lowest BCUT2D eigenvalue weighted by Gasteiger charge is -2.12. The van der Waals surface area contributed by atoms with Crippen LogP contribution in [0.3, 0.4) is 0 Å². The Hall–Kier alpha value is -8.36. The van der Waals surface area contributed by atoms with E-state index in [4.69, 9.17) is 0 Å². The van der Waals surface area contributed by atoms with Crippen molar-refractivity contribution in [2.45, 2.75) is 29.4 Å². The van der Waals surface area contributed by atoms with E-state index < -0.39 is 158 Å². The lowest BCUT2D eigenvalue weighted by atomic mass is 10.1. The number of hydrogen-bond donors (Lipinski definition) is 9. The topological polar surface area (TPSA) is 488 Å². The first kappa shape index (κ1) is 57.3. The van der Waals surface area contributed by atoms with Crippen LogP contribution in [0.1, 0.15) is 41.4 Å². The summed E-state index contributed by atoms with van der Waals surface area (Å²) in [5, 5.41) is 37.1. The third kappa shape index (κ3) is 12.7. The second-order valence-electron chi connectivity index (χ2n) is 16.0. The molecule has 2 amide bonds. The normalized spacial score (nSPS) is 12.8. The Kier molecular flexibility index (Phi) is 15.1. The van der Waals surface area contributed by atoms with Gasteiger partial charge in [0.15, 0.2) is 9.84 Å². The first-order chi connectivity index (χ1) is 35.9. The molecule has 406 valence electrons. The van der Waals surface area contributed by atoms with Gasteiger partial charge in [-0.15, -0.1) is 0 Å². The molecule has 0 aliphatic carbocycles. The van der Waals surface area contributed by atoms with Gasteiger partial charge in [-0.05, 0) is 109 Å². The Morgan fingerprint density at radius 1 is 0.372 bits per heavy atom. The van der Waals surface area contributed by atoms with E-state index >= 15 is 0 Å². The van der Waals surface area contributed by atoms with Gasteiger partial charge in [-0.1, -0.05) is 0 Å². The predicted octanol–water partition coefficient (Wildman–Crippen LogP) is 6.36. The first-order valence-corrected chi connectivity index (χ1v) is 29.6. The molecule has 78 heavy (non-hydrogen) atoms. The molecular formula is C43H30N6O23S6. The zero-order valence-corrected chi connectivity index (χ0v) is 43.2. The number of carboxylic acid groups (broad SMARTS) is 2. The molecule has 0 unspecified atom stereocenters. The summed E-state index contributed by atoms with van der Waals surface area (Å²) >= 11 is 0. The molecule has 0 aromatic heterocycles. The number of sulfone groups is 1. The zero-order valence-electron chi connectivity index (χ0n) is 38.3. The Morgan fingerprint density at radius 3 is 1.00 bits per heavy atom. The van der Waals surface area contributed by atoms with Gasteiger partial charge in [0.25, 0.3) is 62.4 Å². The number of carbonyl (C=O) groups excluding carboxylic acids is 2. The van der Waals surface area contributed by atoms with Crippen molar-refractivity contribution in [2.24, 2.45) is 20.5 Å². The number of anilines is 2. The smallest absolute Gasteiger partial charge is 0.337 e. The van der Waals surface area contributed by atoms with E-state index in [-0.39, 0.29) is 33.9 Å². The Morgan fingerprint density at radius 2 is 0.679 bits per heavy atom. The van der Waals surface area contributed by atoms with Gasteiger partial charge in [0, 0.05) is 38.9 Å². The molecule has 0 atom stereocenters. The minimum Gasteiger partial charge on any atom is -0.478 e. The van der Waals surface area contributed by atoms with Gasteiger partial charge in [-0.2, -0.15) is 62.5 Å². The van der Waals surface area contributed by atoms with E-state index in [1.807, 2.05) is 0 Å². The summed E-state index contributed by atoms with van der Waals surface area (Å²) in [7, 11) is -30.6. The molecule has 0 saturated heterocycles. The second-order valence-corrected chi connectivity index (χ2v) is 25.0. The summed E-state index contributed by atoms with van der Waals surface area (Å²) < 4.78 is 196. The summed E-state index contributed by atoms with van der Waals surface area (Å²) in [6.45, 7) is 0. The van der Waals surface area contributed by atoms with Gasteiger partial charge in [-0.25, -0.2) is 18.0 Å². The van der Waals surface area contributed by atoms with E-state index in [1.165, 1.54) is 0 Å². The number of rotatable bonds is 16. The van der Waals surface area contributed by atoms with E-state index in [2.05, 4.69) is 31.1 Å². The van der Waals surface area contributed by atoms with Gasteiger partial charge in [-0.3, -0.25) is 32.4 Å². The summed E-state index contributed by atoms with van der Waals surface area (Å²) in [4.78, 5) is 44.7. The van der Waals surface area contributed by atoms with Gasteiger partial charge in [0.1, 0.15) is 19.6 Å². The van der Waals surface area contributed by atoms with E-state index in [1.54, 1.807) is 0 Å². The van der Waals surface area contributed by atoms with E-state index in [0.29, 0.717) is 36.6 Å². The summed E-state index contributed by atoms with van der Waals surface area (Å²) in [6, 6.07) is 15.8. The standard InChI is InChI=1S/C43H30N6O23S6/c1-73(56,57)26-16-30-28(38(18-26)77(67,68)69)12-24(14-36(30)75(61,62)63)48-46-22-6-8-34(32(10-22)42(52)53)44-40(50)20-2-4-21(5-3-20)41(51)45-35-9-7-23(11-33(35)43(54)55)47-49-25-13-29-31(37(15-25)76(64,65)66)17-27(74(58,59)60)19-39(29)78(70,71)72/h2-19H,1H3,(H,44,50)(H,45,51)(H,52,53)(H,54,55)(H,58,59,60)(H,61,62,63)(H,64,65,66)(H,67,68,69)(H,70,71,72). The van der Waals surface area contributed by atoms with Crippen LogP contribution in [0.15, 0.2) is 159 Å². The molecule has 0 bridgehead atoms. The van der Waals surface area contributed by atoms with Crippen LogP contribution in [0.25, 0.3) is 21.5 Å². The molecule has 0 heterocycles. The maximum Gasteiger partial charge on any atom is 0.337 e. The van der Waals surface area contributed by atoms with Crippen molar-refractivity contribution in [2.75, 3.05) is 16.9 Å². The predicted molar refractivity (Wildman–Crippen MR) is 268 cm³/mol. The molecule has 0 saturated carbocycles. The first-order valence-electron chi connectivity index (χ1n) is 20.5. The Balaban J connectivity index is 1.09. The number of benzene rings is 7. The molecule has 7 aromatic rings. The third-order valence-electron chi connectivity index (χ3n) is 10.7. The molecule has 0 spiro atoms. The van der Waals surface area contributed by atoms with Crippen molar-refractivity contribution in [1.29, 1.82) is 0 Å². The van der Waals surface area contributed by atoms with Crippen molar-refractivity contribution in [1.82, 2.24) is 0 Å². The monoisotopic (exact) mass is 1190 g/mol. The van der Waals surface area contributed by atoms with Gasteiger partial charge >= 0.3 is 11.9 Å². The van der Waals surface area contributed by atoms with Crippen LogP contribution in [-0.2, 0) is 60.4 Å². The Bertz CT molecular complexity index is 4300. The highest BCUT2D eigenvalue weighted by molar-refractivity contribution is 7.91. The van der Waals surface area contributed by atoms with Gasteiger partial charge in [0.05, 0.1) is 55.0 Å². The maximum atomic E-state index is 13.3. The number of fused-ring (bicyclic) bond motifs is 2. The highest BCUT2D eigenvalue weighted by Crippen LogP contribution is 2.38. The fraction of sp³-hybridized carbons (Fsp3) is 0.0233. The quantitative estimate of drug-likeness (QED) is 0.0375. The molecule has 35 heteroatoms. The SMILES string of the molecule is CS(=O)(=O)c1cc(S(=O)(=O)O)c2cc(N=Nc3ccc(NC(=O)c4ccc(C(=O)Nc5ccc(N=Nc6cc(S(=O)(=O)O)c7cc(S(=O)(=O)O)cc(S(=O)(=O)O)c7c6)cc5C(=O)O)cc4)c(C(=O)O)c3)cc(S(=O)(=O)O)c2c1. The van der Waals surface area contributed by atoms with E-state index in [0.717, 1.165) is 78.9 Å². The third-order valence-corrected chi connectivity index (χ3v) is 16.2. The van der Waals surface area contributed by atoms with Crippen molar-refractivity contribution in [3.63, 3.8) is 0 Å². The van der Waals surface area contributed by atoms with Gasteiger partial charge in [0.2, 0.25) is 0 Å². The molecule has 0 radical (unpaired) electrons. The fourth-order valence-electron chi connectivity index (χ4n) is 7.20. The molecule has 0 aliphatic rings. The minimum atomic E-state index is -5.36. The number of nitrogens with zero attached hydrogens (tertiary/aromatic N) is 4. The van der Waals surface area contributed by atoms with Crippen LogP contribution in [-0.4, -0.2) is 113 Å². The molecule has 7 rings (SSSR count). The average Bonchev–Trinajstić information content (AvgIpc) is 3.46. The number of carboxylic acids is 2. The van der Waals surface area contributed by atoms with Crippen LogP contribution in [0, 0.1) is 0 Å². The number of azo groups is 2. The molecule has 0 aliphatic heterocycles. The fourth-order valence-corrected chi connectivity index (χ4v) is 11.4. The van der Waals surface area contributed by atoms with Crippen LogP contribution in [0.2, 0.25) is 0 Å². The van der Waals surface area contributed by atoms with Crippen molar-refractivity contribution >= 4 is 140 Å². The second kappa shape index (κ2) is 20.5. The van der Waals surface area contributed by atoms with Crippen LogP contribution in [0.5, 0.6) is 0 Å². The highest BCUT2D eigenvalue weighted by Gasteiger charge is 2.28.